The van der Waals surface area contributed by atoms with Crippen LogP contribution in [0, 0.1) is 30.9 Å². The summed E-state index contributed by atoms with van der Waals surface area (Å²) in [5.41, 5.74) is 7.00. The molecule has 3 aliphatic heterocycles. The first-order chi connectivity index (χ1) is 29.4. The Morgan fingerprint density at radius 3 is 1.67 bits per heavy atom. The SMILES string of the molecule is CC(/C=C/C(C)(C)CO)Nc1ccccc1.Nc1ccccc1.[CH+]=C/C=C/C(C)(C)CO.[CH2-]N1CCN2CCN3CCN([PH+](c4ccccc4)c4ccccc4)C3[CH-]C12.[Cl][Rh+2]. The molecular weight excluding hydrogens is 886 g/mol. The molecule has 61 heavy (non-hydrogen) atoms. The first-order valence-corrected chi connectivity index (χ1v) is 24.5. The second-order valence-corrected chi connectivity index (χ2v) is 19.0. The van der Waals surface area contributed by atoms with Gasteiger partial charge in [0, 0.05) is 73.6 Å². The summed E-state index contributed by atoms with van der Waals surface area (Å²) >= 11 is 2.02. The van der Waals surface area contributed by atoms with E-state index in [0.29, 0.717) is 12.3 Å². The molecule has 0 radical (unpaired) electrons. The fraction of sp³-hybridized carbons (Fsp3) is 0.360. The van der Waals surface area contributed by atoms with Crippen molar-refractivity contribution in [1.82, 2.24) is 19.4 Å². The molecule has 0 aromatic heterocycles. The molecule has 3 aliphatic rings. The summed E-state index contributed by atoms with van der Waals surface area (Å²) in [6.45, 7) is 22.2. The zero-order valence-corrected chi connectivity index (χ0v) is 40.1. The summed E-state index contributed by atoms with van der Waals surface area (Å²) in [6.07, 6.45) is 12.5. The van der Waals surface area contributed by atoms with Gasteiger partial charge in [-0.3, -0.25) is 13.5 Å². The van der Waals surface area contributed by atoms with Crippen LogP contribution in [0.25, 0.3) is 0 Å². The second-order valence-electron chi connectivity index (χ2n) is 16.6. The number of aliphatic hydroxyl groups is 2. The number of anilines is 2. The Kier molecular flexibility index (Phi) is 23.6. The average Bonchev–Trinajstić information content (AvgIpc) is 3.79. The van der Waals surface area contributed by atoms with Gasteiger partial charge in [0.25, 0.3) is 0 Å². The number of halogens is 1. The van der Waals surface area contributed by atoms with Gasteiger partial charge in [0.2, 0.25) is 0 Å². The monoisotopic (exact) mass is 954 g/mol. The van der Waals surface area contributed by atoms with Gasteiger partial charge in [-0.1, -0.05) is 119 Å². The predicted octanol–water partition coefficient (Wildman–Crippen LogP) is 8.23. The van der Waals surface area contributed by atoms with Crippen LogP contribution >= 0.6 is 17.8 Å². The van der Waals surface area contributed by atoms with E-state index in [0.717, 1.165) is 50.6 Å². The Morgan fingerprint density at radius 1 is 0.754 bits per heavy atom. The van der Waals surface area contributed by atoms with Crippen molar-refractivity contribution in [3.8, 4) is 0 Å². The standard InChI is InChI=1S/C22H27N4P.C14H21NO.C8H13O.C6H7N.ClH.Rh/c1-23-12-13-24-14-15-25-16-17-26(22(25)18-21(23)24)27(19-8-4-2-5-9-19)20-10-6-3-7-11-20;1-12(9-10-14(2,3)11-16)15-13-7-5-4-6-8-13;1-4-5-6-8(2,3)7-9;7-6-4-2-1-3-5-6;;/h2-11,18,21-22H,1,12-17H2;4-10,12,15-16H,11H2,1-3H3;1,4-6,9H,7H2,2-3H3;1-5H,7H2;1H;/q-2;;+1;;;+3/b;10-9+;6-5+;;;. The zero-order chi connectivity index (χ0) is 44.7. The number of aliphatic hydroxyl groups excluding tert-OH is 2. The minimum atomic E-state index is -1.00. The van der Waals surface area contributed by atoms with E-state index in [1.165, 1.54) is 16.7 Å². The van der Waals surface area contributed by atoms with Gasteiger partial charge in [0.05, 0.1) is 19.3 Å². The topological polar surface area (TPSA) is 91.5 Å². The van der Waals surface area contributed by atoms with Gasteiger partial charge in [0.1, 0.15) is 18.7 Å². The van der Waals surface area contributed by atoms with Crippen LogP contribution in [0.1, 0.15) is 34.6 Å². The van der Waals surface area contributed by atoms with E-state index in [2.05, 4.69) is 122 Å². The van der Waals surface area contributed by atoms with E-state index in [1.807, 2.05) is 118 Å². The Bertz CT molecular complexity index is 1780. The summed E-state index contributed by atoms with van der Waals surface area (Å²) in [7, 11) is 7.82. The molecule has 0 aliphatic carbocycles. The molecule has 0 saturated carbocycles. The van der Waals surface area contributed by atoms with Crippen LogP contribution in [0.2, 0.25) is 0 Å². The van der Waals surface area contributed by atoms with Gasteiger partial charge in [-0.15, -0.1) is 0 Å². The molecule has 3 saturated heterocycles. The van der Waals surface area contributed by atoms with Gasteiger partial charge >= 0.3 is 27.0 Å². The molecule has 330 valence electrons. The van der Waals surface area contributed by atoms with E-state index in [4.69, 9.17) is 22.5 Å². The van der Waals surface area contributed by atoms with Gasteiger partial charge in [-0.25, -0.2) is 0 Å². The van der Waals surface area contributed by atoms with Crippen LogP contribution in [-0.4, -0.2) is 100 Å². The summed E-state index contributed by atoms with van der Waals surface area (Å²) in [4.78, 5) is 7.51. The number of fused-ring (bicyclic) bond motifs is 2. The molecule has 0 spiro atoms. The summed E-state index contributed by atoms with van der Waals surface area (Å²) in [6, 6.07) is 42.1. The molecule has 0 bridgehead atoms. The van der Waals surface area contributed by atoms with E-state index in [9.17, 15) is 0 Å². The van der Waals surface area contributed by atoms with Crippen molar-refractivity contribution in [2.45, 2.75) is 53.0 Å². The Balaban J connectivity index is 0.000000247. The molecule has 0 amide bonds. The third-order valence-corrected chi connectivity index (χ3v) is 13.2. The molecule has 3 atom stereocenters. The Hall–Kier alpha value is -3.29. The predicted molar refractivity (Wildman–Crippen MR) is 259 cm³/mol. The van der Waals surface area contributed by atoms with Crippen LogP contribution in [0.5, 0.6) is 0 Å². The van der Waals surface area contributed by atoms with Crippen LogP contribution < -0.4 is 21.7 Å². The molecule has 7 rings (SSSR count). The summed E-state index contributed by atoms with van der Waals surface area (Å²) in [5.74, 6) is 0. The van der Waals surface area contributed by atoms with Gasteiger partial charge < -0.3 is 36.0 Å². The van der Waals surface area contributed by atoms with E-state index < -0.39 is 8.07 Å². The number of hydrogen-bond acceptors (Lipinski definition) is 8. The molecule has 3 unspecified atom stereocenters. The van der Waals surface area contributed by atoms with Crippen LogP contribution in [0.15, 0.2) is 152 Å². The maximum absolute atomic E-state index is 9.13. The molecule has 11 heteroatoms. The number of nitrogens with two attached hydrogens (primary N) is 1. The van der Waals surface area contributed by atoms with Crippen molar-refractivity contribution >= 4 is 39.7 Å². The molecule has 4 aromatic rings. The molecule has 3 heterocycles. The van der Waals surface area contributed by atoms with Crippen molar-refractivity contribution < 1.29 is 27.5 Å². The first kappa shape index (κ1) is 52.1. The van der Waals surface area contributed by atoms with E-state index >= 15 is 0 Å². The molecule has 5 N–H and O–H groups in total. The number of nitrogens with zero attached hydrogens (tertiary/aromatic N) is 4. The molecule has 8 nitrogen and oxygen atoms in total. The number of nitrogens with one attached hydrogen (secondary N) is 1. The fourth-order valence-corrected chi connectivity index (χ4v) is 9.73. The Labute approximate surface area is 383 Å². The summed E-state index contributed by atoms with van der Waals surface area (Å²) < 4.78 is 2.78. The third-order valence-electron chi connectivity index (χ3n) is 10.4. The number of para-hydroxylation sites is 2. The van der Waals surface area contributed by atoms with Gasteiger partial charge in [0.15, 0.2) is 6.08 Å². The van der Waals surface area contributed by atoms with Gasteiger partial charge in [-0.05, 0) is 68.2 Å². The normalized spacial score (nSPS) is 18.8. The van der Waals surface area contributed by atoms with Crippen LogP contribution in [-0.2, 0) is 17.3 Å². The van der Waals surface area contributed by atoms with Crippen molar-refractivity contribution in [2.75, 3.05) is 63.5 Å². The van der Waals surface area contributed by atoms with Crippen LogP contribution in [0.3, 0.4) is 0 Å². The van der Waals surface area contributed by atoms with Gasteiger partial charge in [-0.2, -0.15) is 4.67 Å². The summed E-state index contributed by atoms with van der Waals surface area (Å²) in [5, 5.41) is 24.2. The number of rotatable bonds is 11. The number of nitrogen functional groups attached to an aromatic ring is 1. The zero-order valence-electron chi connectivity index (χ0n) is 36.7. The van der Waals surface area contributed by atoms with Crippen molar-refractivity contribution in [3.63, 3.8) is 0 Å². The third kappa shape index (κ3) is 18.2. The van der Waals surface area contributed by atoms with Crippen molar-refractivity contribution in [2.24, 2.45) is 10.8 Å². The number of hydrogen-bond donors (Lipinski definition) is 4. The quantitative estimate of drug-likeness (QED) is 0.0299. The van der Waals surface area contributed by atoms with E-state index in [1.54, 1.807) is 6.08 Å². The molecule has 4 aromatic carbocycles. The van der Waals surface area contributed by atoms with Crippen molar-refractivity contribution in [1.29, 1.82) is 0 Å². The number of allylic oxidation sites excluding steroid dienone is 2. The van der Waals surface area contributed by atoms with Crippen LogP contribution in [0.4, 0.5) is 11.4 Å². The average molecular weight is 955 g/mol. The first-order valence-electron chi connectivity index (χ1n) is 20.9. The fourth-order valence-electron chi connectivity index (χ4n) is 6.88. The number of benzene rings is 4. The Morgan fingerprint density at radius 2 is 1.20 bits per heavy atom. The second kappa shape index (κ2) is 27.7. The molecule has 3 fully saturated rings. The van der Waals surface area contributed by atoms with Crippen molar-refractivity contribution in [3.05, 3.63) is 172 Å². The minimum absolute atomic E-state index is 0.143. The maximum atomic E-state index is 9.13. The molecular formula is C50H69ClN6O2PRh+2. The van der Waals surface area contributed by atoms with E-state index in [-0.39, 0.29) is 30.1 Å².